The third kappa shape index (κ3) is 3.64. The van der Waals surface area contributed by atoms with Crippen LogP contribution in [0, 0.1) is 11.3 Å². The smallest absolute Gasteiger partial charge is 0.255 e. The number of nitriles is 1. The van der Waals surface area contributed by atoms with Crippen LogP contribution in [0.2, 0.25) is 0 Å². The molecular formula is C22H18N4O2. The monoisotopic (exact) mass is 370 g/mol. The maximum atomic E-state index is 12.8. The number of para-hydroxylation sites is 1. The van der Waals surface area contributed by atoms with Gasteiger partial charge in [-0.05, 0) is 17.7 Å². The number of fused-ring (bicyclic) bond motifs is 1. The summed E-state index contributed by atoms with van der Waals surface area (Å²) in [6, 6.07) is 21.3. The molecule has 4 rings (SSSR count). The van der Waals surface area contributed by atoms with Crippen LogP contribution in [-0.4, -0.2) is 15.7 Å². The minimum atomic E-state index is -0.234. The third-order valence-corrected chi connectivity index (χ3v) is 4.41. The van der Waals surface area contributed by atoms with E-state index in [0.717, 1.165) is 16.5 Å². The number of amides is 1. The van der Waals surface area contributed by atoms with Gasteiger partial charge in [-0.25, -0.2) is 0 Å². The van der Waals surface area contributed by atoms with Crippen molar-refractivity contribution in [3.63, 3.8) is 0 Å². The highest BCUT2D eigenvalue weighted by atomic mass is 16.3. The molecule has 0 fully saturated rings. The summed E-state index contributed by atoms with van der Waals surface area (Å²) in [6.45, 7) is 0.832. The molecule has 0 spiro atoms. The summed E-state index contributed by atoms with van der Waals surface area (Å²) in [5.41, 5.74) is 2.64. The highest BCUT2D eigenvalue weighted by Crippen LogP contribution is 2.29. The van der Waals surface area contributed by atoms with Gasteiger partial charge in [0.2, 0.25) is 0 Å². The summed E-state index contributed by atoms with van der Waals surface area (Å²) in [7, 11) is 0. The Balaban J connectivity index is 1.65. The predicted molar refractivity (Wildman–Crippen MR) is 105 cm³/mol. The van der Waals surface area contributed by atoms with E-state index in [1.54, 1.807) is 10.9 Å². The van der Waals surface area contributed by atoms with Gasteiger partial charge in [0.25, 0.3) is 5.91 Å². The van der Waals surface area contributed by atoms with E-state index < -0.39 is 0 Å². The van der Waals surface area contributed by atoms with Gasteiger partial charge in [0.15, 0.2) is 5.76 Å². The van der Waals surface area contributed by atoms with Gasteiger partial charge in [-0.15, -0.1) is 0 Å². The first-order valence-electron chi connectivity index (χ1n) is 9.00. The van der Waals surface area contributed by atoms with Gasteiger partial charge >= 0.3 is 0 Å². The molecule has 2 heterocycles. The molecule has 6 nitrogen and oxygen atoms in total. The summed E-state index contributed by atoms with van der Waals surface area (Å²) >= 11 is 0. The van der Waals surface area contributed by atoms with Crippen molar-refractivity contribution < 1.29 is 9.21 Å². The second kappa shape index (κ2) is 7.80. The van der Waals surface area contributed by atoms with Crippen molar-refractivity contribution in [2.45, 2.75) is 19.5 Å². The van der Waals surface area contributed by atoms with Gasteiger partial charge < -0.3 is 9.73 Å². The van der Waals surface area contributed by atoms with E-state index in [1.165, 1.54) is 0 Å². The zero-order chi connectivity index (χ0) is 19.3. The molecule has 2 aromatic heterocycles. The number of hydrogen-bond acceptors (Lipinski definition) is 4. The molecule has 0 bridgehead atoms. The maximum absolute atomic E-state index is 12.8. The summed E-state index contributed by atoms with van der Waals surface area (Å²) < 4.78 is 7.52. The largest absolute Gasteiger partial charge is 0.454 e. The van der Waals surface area contributed by atoms with Gasteiger partial charge in [-0.2, -0.15) is 10.4 Å². The highest BCUT2D eigenvalue weighted by molar-refractivity contribution is 6.00. The Kier molecular flexibility index (Phi) is 4.89. The molecule has 0 atom stereocenters. The number of aromatic nitrogens is 2. The highest BCUT2D eigenvalue weighted by Gasteiger charge is 2.21. The lowest BCUT2D eigenvalue weighted by atomic mass is 10.1. The average molecular weight is 370 g/mol. The molecule has 0 radical (unpaired) electrons. The normalized spacial score (nSPS) is 10.7. The lowest BCUT2D eigenvalue weighted by molar-refractivity contribution is 0.0951. The van der Waals surface area contributed by atoms with Gasteiger partial charge in [-0.3, -0.25) is 9.48 Å². The SMILES string of the molecule is N#CCCn1cc(C(=O)NCc2ccccc2)c(-c2cc3ccccc3o2)n1. The molecule has 1 amide bonds. The topological polar surface area (TPSA) is 83.9 Å². The van der Waals surface area contributed by atoms with Crippen molar-refractivity contribution in [3.05, 3.63) is 78.0 Å². The average Bonchev–Trinajstić information content (AvgIpc) is 3.35. The fourth-order valence-electron chi connectivity index (χ4n) is 3.02. The van der Waals surface area contributed by atoms with Crippen LogP contribution in [0.25, 0.3) is 22.4 Å². The van der Waals surface area contributed by atoms with Gasteiger partial charge in [0, 0.05) is 18.1 Å². The molecule has 1 N–H and O–H groups in total. The predicted octanol–water partition coefficient (Wildman–Crippen LogP) is 4.14. The van der Waals surface area contributed by atoms with Crippen molar-refractivity contribution in [2.24, 2.45) is 0 Å². The lowest BCUT2D eigenvalue weighted by Crippen LogP contribution is -2.22. The molecule has 0 aliphatic heterocycles. The first-order valence-corrected chi connectivity index (χ1v) is 9.00. The number of carbonyl (C=O) groups is 1. The summed E-state index contributed by atoms with van der Waals surface area (Å²) in [5, 5.41) is 17.2. The molecule has 0 aliphatic rings. The van der Waals surface area contributed by atoms with Gasteiger partial charge in [0.05, 0.1) is 24.6 Å². The van der Waals surface area contributed by atoms with E-state index in [9.17, 15) is 4.79 Å². The van der Waals surface area contributed by atoms with E-state index in [1.807, 2.05) is 60.7 Å². The van der Waals surface area contributed by atoms with Crippen molar-refractivity contribution >= 4 is 16.9 Å². The summed E-state index contributed by atoms with van der Waals surface area (Å²) in [5.74, 6) is 0.296. The molecule has 0 saturated carbocycles. The standard InChI is InChI=1S/C22H18N4O2/c23-11-6-12-26-15-18(22(27)24-14-16-7-2-1-3-8-16)21(25-26)20-13-17-9-4-5-10-19(17)28-20/h1-5,7-10,13,15H,6,12,14H2,(H,24,27). The van der Waals surface area contributed by atoms with Crippen LogP contribution >= 0.6 is 0 Å². The van der Waals surface area contributed by atoms with E-state index in [4.69, 9.17) is 9.68 Å². The van der Waals surface area contributed by atoms with Gasteiger partial charge in [0.1, 0.15) is 11.3 Å². The Hall–Kier alpha value is -3.85. The molecule has 0 unspecified atom stereocenters. The third-order valence-electron chi connectivity index (χ3n) is 4.41. The Labute approximate surface area is 162 Å². The molecule has 0 saturated heterocycles. The Morgan fingerprint density at radius 1 is 1.14 bits per heavy atom. The molecule has 2 aromatic carbocycles. The molecule has 138 valence electrons. The Bertz CT molecular complexity index is 1120. The molecule has 4 aromatic rings. The van der Waals surface area contributed by atoms with E-state index in [0.29, 0.717) is 36.5 Å². The van der Waals surface area contributed by atoms with E-state index >= 15 is 0 Å². The van der Waals surface area contributed by atoms with Crippen LogP contribution in [0.5, 0.6) is 0 Å². The van der Waals surface area contributed by atoms with Crippen LogP contribution in [0.4, 0.5) is 0 Å². The summed E-state index contributed by atoms with van der Waals surface area (Å²) in [4.78, 5) is 12.8. The van der Waals surface area contributed by atoms with Crippen LogP contribution < -0.4 is 5.32 Å². The Morgan fingerprint density at radius 3 is 2.71 bits per heavy atom. The van der Waals surface area contributed by atoms with Crippen molar-refractivity contribution in [3.8, 4) is 17.5 Å². The zero-order valence-corrected chi connectivity index (χ0v) is 15.1. The number of carbonyl (C=O) groups excluding carboxylic acids is 1. The van der Waals surface area contributed by atoms with E-state index in [-0.39, 0.29) is 5.91 Å². The minimum Gasteiger partial charge on any atom is -0.454 e. The first kappa shape index (κ1) is 17.6. The second-order valence-corrected chi connectivity index (χ2v) is 6.38. The first-order chi connectivity index (χ1) is 13.7. The van der Waals surface area contributed by atoms with Crippen molar-refractivity contribution in [2.75, 3.05) is 0 Å². The molecule has 0 aliphatic carbocycles. The number of rotatable bonds is 6. The number of furan rings is 1. The fraction of sp³-hybridized carbons (Fsp3) is 0.136. The summed E-state index contributed by atoms with van der Waals surface area (Å²) in [6.07, 6.45) is 1.98. The molecular weight excluding hydrogens is 352 g/mol. The van der Waals surface area contributed by atoms with Gasteiger partial charge in [-0.1, -0.05) is 48.5 Å². The second-order valence-electron chi connectivity index (χ2n) is 6.38. The van der Waals surface area contributed by atoms with Crippen LogP contribution in [0.1, 0.15) is 22.3 Å². The minimum absolute atomic E-state index is 0.234. The van der Waals surface area contributed by atoms with Crippen LogP contribution in [0.15, 0.2) is 71.3 Å². The lowest BCUT2D eigenvalue weighted by Gasteiger charge is -2.04. The number of aryl methyl sites for hydroxylation is 1. The van der Waals surface area contributed by atoms with Crippen molar-refractivity contribution in [1.82, 2.24) is 15.1 Å². The fourth-order valence-corrected chi connectivity index (χ4v) is 3.02. The molecule has 6 heteroatoms. The number of nitrogens with one attached hydrogen (secondary N) is 1. The molecule has 28 heavy (non-hydrogen) atoms. The van der Waals surface area contributed by atoms with Crippen molar-refractivity contribution in [1.29, 1.82) is 5.26 Å². The number of benzene rings is 2. The Morgan fingerprint density at radius 2 is 1.93 bits per heavy atom. The van der Waals surface area contributed by atoms with E-state index in [2.05, 4.69) is 16.5 Å². The maximum Gasteiger partial charge on any atom is 0.255 e. The zero-order valence-electron chi connectivity index (χ0n) is 15.1. The van der Waals surface area contributed by atoms with Crippen LogP contribution in [0.3, 0.4) is 0 Å². The number of nitrogens with zero attached hydrogens (tertiary/aromatic N) is 3. The van der Waals surface area contributed by atoms with Crippen LogP contribution in [-0.2, 0) is 13.1 Å². The number of hydrogen-bond donors (Lipinski definition) is 1. The quantitative estimate of drug-likeness (QED) is 0.553.